The molecule has 0 aromatic rings. The van der Waals surface area contributed by atoms with Crippen molar-refractivity contribution in [1.29, 1.82) is 0 Å². The Morgan fingerprint density at radius 1 is 1.46 bits per heavy atom. The summed E-state index contributed by atoms with van der Waals surface area (Å²) in [4.78, 5) is 0. The van der Waals surface area contributed by atoms with Crippen molar-refractivity contribution in [3.05, 3.63) is 0 Å². The monoisotopic (exact) mass is 187 g/mol. The molecule has 0 aliphatic heterocycles. The lowest BCUT2D eigenvalue weighted by molar-refractivity contribution is -0.00225. The van der Waals surface area contributed by atoms with Gasteiger partial charge in [0.1, 0.15) is 0 Å². The maximum atomic E-state index is 5.69. The highest BCUT2D eigenvalue weighted by Crippen LogP contribution is 2.32. The summed E-state index contributed by atoms with van der Waals surface area (Å²) in [5.74, 6) is 0.956. The minimum atomic E-state index is 0.216. The van der Waals surface area contributed by atoms with E-state index < -0.39 is 0 Å². The number of hydrogen-bond donors (Lipinski definition) is 1. The Morgan fingerprint density at radius 2 is 2.23 bits per heavy atom. The van der Waals surface area contributed by atoms with Gasteiger partial charge in [-0.2, -0.15) is 0 Å². The standard InChI is InChI=1S/C10H21NO2/c1-11-7-10(8-12-2)13-6-5-9-3-4-9/h9-11H,3-8H2,1-2H3. The third kappa shape index (κ3) is 5.24. The van der Waals surface area contributed by atoms with Crippen LogP contribution in [0.1, 0.15) is 19.3 Å². The van der Waals surface area contributed by atoms with Crippen LogP contribution in [-0.2, 0) is 9.47 Å². The van der Waals surface area contributed by atoms with Crippen molar-refractivity contribution in [2.45, 2.75) is 25.4 Å². The summed E-state index contributed by atoms with van der Waals surface area (Å²) in [5.41, 5.74) is 0. The van der Waals surface area contributed by atoms with Gasteiger partial charge in [-0.1, -0.05) is 12.8 Å². The van der Waals surface area contributed by atoms with E-state index in [1.807, 2.05) is 7.05 Å². The number of nitrogens with one attached hydrogen (secondary N) is 1. The topological polar surface area (TPSA) is 30.5 Å². The van der Waals surface area contributed by atoms with Crippen LogP contribution in [0.15, 0.2) is 0 Å². The van der Waals surface area contributed by atoms with Crippen molar-refractivity contribution in [3.63, 3.8) is 0 Å². The van der Waals surface area contributed by atoms with Crippen molar-refractivity contribution in [2.75, 3.05) is 33.9 Å². The second-order valence-electron chi connectivity index (χ2n) is 3.74. The fraction of sp³-hybridized carbons (Fsp3) is 1.00. The Kier molecular flexibility index (Phi) is 5.35. The van der Waals surface area contributed by atoms with Gasteiger partial charge in [0, 0.05) is 20.3 Å². The molecule has 0 spiro atoms. The minimum Gasteiger partial charge on any atom is -0.382 e. The van der Waals surface area contributed by atoms with E-state index >= 15 is 0 Å². The lowest BCUT2D eigenvalue weighted by Gasteiger charge is -2.16. The molecule has 0 radical (unpaired) electrons. The molecule has 1 saturated carbocycles. The highest BCUT2D eigenvalue weighted by atomic mass is 16.5. The number of methoxy groups -OCH3 is 1. The summed E-state index contributed by atoms with van der Waals surface area (Å²) < 4.78 is 10.8. The molecule has 0 saturated heterocycles. The van der Waals surface area contributed by atoms with Crippen LogP contribution in [-0.4, -0.2) is 40.0 Å². The van der Waals surface area contributed by atoms with Gasteiger partial charge in [-0.25, -0.2) is 0 Å². The molecule has 1 atom stereocenters. The van der Waals surface area contributed by atoms with Crippen molar-refractivity contribution in [2.24, 2.45) is 5.92 Å². The Balaban J connectivity index is 1.98. The van der Waals surface area contributed by atoms with Crippen LogP contribution in [0.4, 0.5) is 0 Å². The van der Waals surface area contributed by atoms with Crippen LogP contribution in [0, 0.1) is 5.92 Å². The fourth-order valence-electron chi connectivity index (χ4n) is 1.39. The first-order valence-electron chi connectivity index (χ1n) is 5.12. The summed E-state index contributed by atoms with van der Waals surface area (Å²) in [7, 11) is 3.65. The van der Waals surface area contributed by atoms with Gasteiger partial charge in [-0.3, -0.25) is 0 Å². The lowest BCUT2D eigenvalue weighted by Crippen LogP contribution is -2.31. The number of likely N-dealkylation sites (N-methyl/N-ethyl adjacent to an activating group) is 1. The van der Waals surface area contributed by atoms with Crippen LogP contribution in [0.3, 0.4) is 0 Å². The zero-order chi connectivity index (χ0) is 9.52. The smallest absolute Gasteiger partial charge is 0.0932 e. The molecule has 0 bridgehead atoms. The van der Waals surface area contributed by atoms with E-state index in [-0.39, 0.29) is 6.10 Å². The second kappa shape index (κ2) is 6.35. The van der Waals surface area contributed by atoms with Gasteiger partial charge in [0.05, 0.1) is 12.7 Å². The highest BCUT2D eigenvalue weighted by Gasteiger charge is 2.21. The van der Waals surface area contributed by atoms with E-state index in [1.54, 1.807) is 7.11 Å². The van der Waals surface area contributed by atoms with E-state index in [4.69, 9.17) is 9.47 Å². The van der Waals surface area contributed by atoms with Crippen LogP contribution in [0.2, 0.25) is 0 Å². The SMILES string of the molecule is CNCC(COC)OCCC1CC1. The third-order valence-electron chi connectivity index (χ3n) is 2.36. The van der Waals surface area contributed by atoms with Crippen LogP contribution in [0.25, 0.3) is 0 Å². The van der Waals surface area contributed by atoms with Gasteiger partial charge in [-0.05, 0) is 19.4 Å². The molecule has 1 aliphatic rings. The van der Waals surface area contributed by atoms with Crippen molar-refractivity contribution in [1.82, 2.24) is 5.32 Å². The van der Waals surface area contributed by atoms with E-state index in [1.165, 1.54) is 19.3 Å². The maximum Gasteiger partial charge on any atom is 0.0932 e. The van der Waals surface area contributed by atoms with E-state index in [9.17, 15) is 0 Å². The van der Waals surface area contributed by atoms with Crippen LogP contribution in [0.5, 0.6) is 0 Å². The predicted molar refractivity (Wildman–Crippen MR) is 52.9 cm³/mol. The summed E-state index contributed by atoms with van der Waals surface area (Å²) >= 11 is 0. The van der Waals surface area contributed by atoms with Gasteiger partial charge in [0.25, 0.3) is 0 Å². The molecular weight excluding hydrogens is 166 g/mol. The van der Waals surface area contributed by atoms with Crippen molar-refractivity contribution >= 4 is 0 Å². The Morgan fingerprint density at radius 3 is 2.77 bits per heavy atom. The first-order valence-corrected chi connectivity index (χ1v) is 5.12. The van der Waals surface area contributed by atoms with Crippen LogP contribution >= 0.6 is 0 Å². The molecule has 3 heteroatoms. The van der Waals surface area contributed by atoms with Gasteiger partial charge in [-0.15, -0.1) is 0 Å². The normalized spacial score (nSPS) is 18.9. The van der Waals surface area contributed by atoms with E-state index in [0.717, 1.165) is 19.1 Å². The Bertz CT molecular complexity index is 120. The van der Waals surface area contributed by atoms with Gasteiger partial charge >= 0.3 is 0 Å². The molecule has 1 N–H and O–H groups in total. The Labute approximate surface area is 80.8 Å². The average molecular weight is 187 g/mol. The lowest BCUT2D eigenvalue weighted by atomic mass is 10.3. The molecule has 1 fully saturated rings. The molecule has 78 valence electrons. The molecular formula is C10H21NO2. The first-order chi connectivity index (χ1) is 6.36. The number of hydrogen-bond acceptors (Lipinski definition) is 3. The van der Waals surface area contributed by atoms with Gasteiger partial charge in [0.15, 0.2) is 0 Å². The van der Waals surface area contributed by atoms with Crippen LogP contribution < -0.4 is 5.32 Å². The minimum absolute atomic E-state index is 0.216. The van der Waals surface area contributed by atoms with Gasteiger partial charge < -0.3 is 14.8 Å². The summed E-state index contributed by atoms with van der Waals surface area (Å²) in [5, 5.41) is 3.10. The molecule has 13 heavy (non-hydrogen) atoms. The molecule has 1 aliphatic carbocycles. The quantitative estimate of drug-likeness (QED) is 0.616. The highest BCUT2D eigenvalue weighted by molar-refractivity contribution is 4.72. The molecule has 1 unspecified atom stereocenters. The first kappa shape index (κ1) is 11.0. The fourth-order valence-corrected chi connectivity index (χ4v) is 1.39. The molecule has 0 aromatic carbocycles. The predicted octanol–water partition coefficient (Wildman–Crippen LogP) is 1.04. The van der Waals surface area contributed by atoms with E-state index in [2.05, 4.69) is 5.32 Å². The molecule has 0 heterocycles. The summed E-state index contributed by atoms with van der Waals surface area (Å²) in [6.45, 7) is 2.45. The molecule has 0 amide bonds. The summed E-state index contributed by atoms with van der Waals surface area (Å²) in [6.07, 6.45) is 4.26. The zero-order valence-corrected chi connectivity index (χ0v) is 8.71. The van der Waals surface area contributed by atoms with Crippen molar-refractivity contribution in [3.8, 4) is 0 Å². The van der Waals surface area contributed by atoms with E-state index in [0.29, 0.717) is 6.61 Å². The second-order valence-corrected chi connectivity index (χ2v) is 3.74. The van der Waals surface area contributed by atoms with Crippen molar-refractivity contribution < 1.29 is 9.47 Å². The maximum absolute atomic E-state index is 5.69. The average Bonchev–Trinajstić information content (AvgIpc) is 2.89. The molecule has 1 rings (SSSR count). The summed E-state index contributed by atoms with van der Waals surface area (Å²) in [6, 6.07) is 0. The number of ether oxygens (including phenoxy) is 2. The molecule has 3 nitrogen and oxygen atoms in total. The molecule has 0 aromatic heterocycles. The third-order valence-corrected chi connectivity index (χ3v) is 2.36. The van der Waals surface area contributed by atoms with Gasteiger partial charge in [0.2, 0.25) is 0 Å². The largest absolute Gasteiger partial charge is 0.382 e. The zero-order valence-electron chi connectivity index (χ0n) is 8.71. The Hall–Kier alpha value is -0.120. The number of rotatable bonds is 8.